The number of benzene rings is 1. The normalized spacial score (nSPS) is 19.3. The predicted octanol–water partition coefficient (Wildman–Crippen LogP) is 2.26. The molecule has 0 aromatic heterocycles. The van der Waals surface area contributed by atoms with Gasteiger partial charge in [0.1, 0.15) is 11.8 Å². The van der Waals surface area contributed by atoms with E-state index in [9.17, 15) is 9.59 Å². The first-order valence-corrected chi connectivity index (χ1v) is 7.19. The van der Waals surface area contributed by atoms with E-state index in [-0.39, 0.29) is 11.8 Å². The molecular formula is C16H21NO4. The maximum atomic E-state index is 12.3. The molecule has 1 aliphatic heterocycles. The number of carbonyl (C=O) groups excluding carboxylic acids is 1. The fourth-order valence-corrected chi connectivity index (χ4v) is 2.77. The molecule has 1 aromatic carbocycles. The zero-order chi connectivity index (χ0) is 15.4. The lowest BCUT2D eigenvalue weighted by molar-refractivity contribution is -0.148. The van der Waals surface area contributed by atoms with Crippen molar-refractivity contribution in [3.8, 4) is 5.75 Å². The van der Waals surface area contributed by atoms with Crippen molar-refractivity contribution in [1.82, 2.24) is 4.90 Å². The average molecular weight is 291 g/mol. The van der Waals surface area contributed by atoms with Crippen LogP contribution in [0.4, 0.5) is 0 Å². The van der Waals surface area contributed by atoms with Crippen LogP contribution >= 0.6 is 0 Å². The molecule has 5 nitrogen and oxygen atoms in total. The third-order valence-corrected chi connectivity index (χ3v) is 4.00. The van der Waals surface area contributed by atoms with Gasteiger partial charge in [-0.2, -0.15) is 0 Å². The van der Waals surface area contributed by atoms with Gasteiger partial charge < -0.3 is 14.7 Å². The van der Waals surface area contributed by atoms with Crippen LogP contribution in [0.15, 0.2) is 24.3 Å². The minimum atomic E-state index is -0.908. The molecule has 0 aliphatic carbocycles. The largest absolute Gasteiger partial charge is 0.497 e. The number of hydrogen-bond acceptors (Lipinski definition) is 3. The van der Waals surface area contributed by atoms with Gasteiger partial charge in [0, 0.05) is 13.0 Å². The Morgan fingerprint density at radius 3 is 2.90 bits per heavy atom. The summed E-state index contributed by atoms with van der Waals surface area (Å²) in [5, 5.41) is 9.14. The highest BCUT2D eigenvalue weighted by atomic mass is 16.5. The molecule has 1 amide bonds. The predicted molar refractivity (Wildman–Crippen MR) is 78.4 cm³/mol. The average Bonchev–Trinajstić information content (AvgIpc) is 2.97. The van der Waals surface area contributed by atoms with Crippen LogP contribution in [0, 0.1) is 0 Å². The van der Waals surface area contributed by atoms with Crippen molar-refractivity contribution in [3.05, 3.63) is 29.8 Å². The van der Waals surface area contributed by atoms with Gasteiger partial charge in [-0.05, 0) is 36.5 Å². The summed E-state index contributed by atoms with van der Waals surface area (Å²) in [6, 6.07) is 6.97. The van der Waals surface area contributed by atoms with E-state index in [1.165, 1.54) is 4.90 Å². The number of rotatable bonds is 5. The molecule has 2 rings (SSSR count). The summed E-state index contributed by atoms with van der Waals surface area (Å²) < 4.78 is 5.19. The summed E-state index contributed by atoms with van der Waals surface area (Å²) in [7, 11) is 1.61. The second kappa shape index (κ2) is 6.61. The summed E-state index contributed by atoms with van der Waals surface area (Å²) in [6.07, 6.45) is 1.63. The summed E-state index contributed by atoms with van der Waals surface area (Å²) >= 11 is 0. The van der Waals surface area contributed by atoms with E-state index in [2.05, 4.69) is 0 Å². The van der Waals surface area contributed by atoms with Crippen LogP contribution in [0.5, 0.6) is 5.75 Å². The molecule has 0 bridgehead atoms. The van der Waals surface area contributed by atoms with Gasteiger partial charge in [0.15, 0.2) is 0 Å². The number of aliphatic carboxylic acids is 1. The van der Waals surface area contributed by atoms with E-state index >= 15 is 0 Å². The zero-order valence-corrected chi connectivity index (χ0v) is 12.4. The Morgan fingerprint density at radius 1 is 1.48 bits per heavy atom. The molecule has 0 unspecified atom stereocenters. The summed E-state index contributed by atoms with van der Waals surface area (Å²) in [5.41, 5.74) is 1.02. The Hall–Kier alpha value is -2.04. The van der Waals surface area contributed by atoms with E-state index in [0.717, 1.165) is 17.7 Å². The number of methoxy groups -OCH3 is 1. The van der Waals surface area contributed by atoms with Crippen LogP contribution < -0.4 is 4.74 Å². The standard InChI is InChI=1S/C16H21NO4/c1-11(12-5-3-6-13(10-12)21-2)9-15(18)17-8-4-7-14(17)16(19)20/h3,5-6,10-11,14H,4,7-9H2,1-2H3,(H,19,20)/t11-,14+/m0/s1. The third-order valence-electron chi connectivity index (χ3n) is 4.00. The minimum absolute atomic E-state index is 0.0302. The second-order valence-electron chi connectivity index (χ2n) is 5.47. The first kappa shape index (κ1) is 15.4. The molecule has 1 aliphatic rings. The molecule has 1 N–H and O–H groups in total. The molecule has 1 saturated heterocycles. The van der Waals surface area contributed by atoms with Crippen molar-refractivity contribution in [2.24, 2.45) is 0 Å². The van der Waals surface area contributed by atoms with E-state index in [4.69, 9.17) is 9.84 Å². The van der Waals surface area contributed by atoms with Gasteiger partial charge in [0.2, 0.25) is 5.91 Å². The van der Waals surface area contributed by atoms with Gasteiger partial charge in [-0.1, -0.05) is 19.1 Å². The first-order chi connectivity index (χ1) is 10.0. The molecule has 1 aromatic rings. The molecule has 0 radical (unpaired) electrons. The van der Waals surface area contributed by atoms with Crippen LogP contribution in [0.1, 0.15) is 37.7 Å². The van der Waals surface area contributed by atoms with Crippen molar-refractivity contribution in [1.29, 1.82) is 0 Å². The number of ether oxygens (including phenoxy) is 1. The smallest absolute Gasteiger partial charge is 0.326 e. The number of carboxylic acid groups (broad SMARTS) is 1. The molecule has 21 heavy (non-hydrogen) atoms. The molecular weight excluding hydrogens is 270 g/mol. The lowest BCUT2D eigenvalue weighted by Gasteiger charge is -2.23. The van der Waals surface area contributed by atoms with Crippen LogP contribution in [0.2, 0.25) is 0 Å². The molecule has 0 spiro atoms. The van der Waals surface area contributed by atoms with Crippen molar-refractivity contribution >= 4 is 11.9 Å². The highest BCUT2D eigenvalue weighted by Crippen LogP contribution is 2.26. The van der Waals surface area contributed by atoms with Crippen LogP contribution in [0.25, 0.3) is 0 Å². The van der Waals surface area contributed by atoms with Gasteiger partial charge in [-0.25, -0.2) is 4.79 Å². The van der Waals surface area contributed by atoms with Gasteiger partial charge in [0.25, 0.3) is 0 Å². The van der Waals surface area contributed by atoms with E-state index in [1.54, 1.807) is 7.11 Å². The maximum absolute atomic E-state index is 12.3. The Balaban J connectivity index is 2.03. The van der Waals surface area contributed by atoms with Gasteiger partial charge >= 0.3 is 5.97 Å². The lowest BCUT2D eigenvalue weighted by Crippen LogP contribution is -2.40. The quantitative estimate of drug-likeness (QED) is 0.903. The minimum Gasteiger partial charge on any atom is -0.497 e. The van der Waals surface area contributed by atoms with Crippen molar-refractivity contribution in [2.45, 2.75) is 38.1 Å². The topological polar surface area (TPSA) is 66.8 Å². The van der Waals surface area contributed by atoms with Crippen LogP contribution in [-0.2, 0) is 9.59 Å². The number of likely N-dealkylation sites (tertiary alicyclic amines) is 1. The lowest BCUT2D eigenvalue weighted by atomic mass is 9.97. The highest BCUT2D eigenvalue weighted by Gasteiger charge is 2.34. The monoisotopic (exact) mass is 291 g/mol. The number of carboxylic acids is 1. The summed E-state index contributed by atoms with van der Waals surface area (Å²) in [4.78, 5) is 25.0. The molecule has 0 saturated carbocycles. The fourth-order valence-electron chi connectivity index (χ4n) is 2.77. The molecule has 1 fully saturated rings. The van der Waals surface area contributed by atoms with Crippen LogP contribution in [0.3, 0.4) is 0 Å². The highest BCUT2D eigenvalue weighted by molar-refractivity contribution is 5.84. The molecule has 2 atom stereocenters. The van der Waals surface area contributed by atoms with Gasteiger partial charge in [-0.3, -0.25) is 4.79 Å². The fraction of sp³-hybridized carbons (Fsp3) is 0.500. The number of nitrogens with zero attached hydrogens (tertiary/aromatic N) is 1. The third kappa shape index (κ3) is 3.54. The van der Waals surface area contributed by atoms with Crippen LogP contribution in [-0.4, -0.2) is 41.6 Å². The first-order valence-electron chi connectivity index (χ1n) is 7.19. The van der Waals surface area contributed by atoms with Gasteiger partial charge in [0.05, 0.1) is 7.11 Å². The molecule has 1 heterocycles. The molecule has 5 heteroatoms. The summed E-state index contributed by atoms with van der Waals surface area (Å²) in [6.45, 7) is 2.51. The number of amides is 1. The van der Waals surface area contributed by atoms with Crippen molar-refractivity contribution < 1.29 is 19.4 Å². The van der Waals surface area contributed by atoms with Crippen molar-refractivity contribution in [2.75, 3.05) is 13.7 Å². The second-order valence-corrected chi connectivity index (χ2v) is 5.47. The zero-order valence-electron chi connectivity index (χ0n) is 12.4. The number of carbonyl (C=O) groups is 2. The van der Waals surface area contributed by atoms with E-state index in [1.807, 2.05) is 31.2 Å². The SMILES string of the molecule is COc1cccc([C@@H](C)CC(=O)N2CCC[C@@H]2C(=O)O)c1. The van der Waals surface area contributed by atoms with Crippen molar-refractivity contribution in [3.63, 3.8) is 0 Å². The Kier molecular flexibility index (Phi) is 4.83. The van der Waals surface area contributed by atoms with Gasteiger partial charge in [-0.15, -0.1) is 0 Å². The Bertz CT molecular complexity index is 529. The summed E-state index contributed by atoms with van der Waals surface area (Å²) in [5.74, 6) is -0.205. The van der Waals surface area contributed by atoms with E-state index in [0.29, 0.717) is 19.4 Å². The van der Waals surface area contributed by atoms with E-state index < -0.39 is 12.0 Å². The maximum Gasteiger partial charge on any atom is 0.326 e. The Morgan fingerprint density at radius 2 is 2.24 bits per heavy atom. The Labute approximate surface area is 124 Å². The number of hydrogen-bond donors (Lipinski definition) is 1. The molecule has 114 valence electrons.